The number of aryl methyl sites for hydroxylation is 2. The lowest BCUT2D eigenvalue weighted by molar-refractivity contribution is -0.140. The van der Waals surface area contributed by atoms with E-state index >= 15 is 0 Å². The number of carbonyl (C=O) groups excluding carboxylic acids is 1. The average molecular weight is 278 g/mol. The summed E-state index contributed by atoms with van der Waals surface area (Å²) in [6.45, 7) is 10.1. The second-order valence-corrected chi connectivity index (χ2v) is 4.55. The van der Waals surface area contributed by atoms with E-state index in [0.29, 0.717) is 6.42 Å². The third-order valence-corrected chi connectivity index (χ3v) is 3.14. The molecule has 2 heteroatoms. The molecule has 2 rings (SSSR count). The van der Waals surface area contributed by atoms with Crippen LogP contribution in [-0.2, 0) is 16.0 Å². The summed E-state index contributed by atoms with van der Waals surface area (Å²) in [6, 6.07) is 6.59. The smallest absolute Gasteiger partial charge is 0.305 e. The summed E-state index contributed by atoms with van der Waals surface area (Å²) < 4.78 is 4.68. The summed E-state index contributed by atoms with van der Waals surface area (Å²) in [5, 5.41) is 0. The molecule has 0 unspecified atom stereocenters. The van der Waals surface area contributed by atoms with Crippen LogP contribution in [0, 0.1) is 6.92 Å². The van der Waals surface area contributed by atoms with Crippen LogP contribution in [0.15, 0.2) is 18.2 Å². The minimum absolute atomic E-state index is 0.122. The fraction of sp³-hybridized carbons (Fsp3) is 0.611. The Morgan fingerprint density at radius 1 is 1.20 bits per heavy atom. The topological polar surface area (TPSA) is 26.3 Å². The summed E-state index contributed by atoms with van der Waals surface area (Å²) in [6.07, 6.45) is 3.89. The number of hydrogen-bond donors (Lipinski definition) is 0. The normalized spacial score (nSPS) is 12.5. The van der Waals surface area contributed by atoms with E-state index in [4.69, 9.17) is 0 Å². The van der Waals surface area contributed by atoms with Crippen LogP contribution in [0.1, 0.15) is 69.6 Å². The van der Waals surface area contributed by atoms with E-state index in [1.54, 1.807) is 0 Å². The number of esters is 1. The van der Waals surface area contributed by atoms with Crippen LogP contribution in [0.4, 0.5) is 0 Å². The fourth-order valence-corrected chi connectivity index (χ4v) is 2.08. The van der Waals surface area contributed by atoms with Gasteiger partial charge in [0.15, 0.2) is 0 Å². The number of ether oxygens (including phenoxy) is 1. The Hall–Kier alpha value is -1.31. The van der Waals surface area contributed by atoms with Crippen LogP contribution in [0.3, 0.4) is 0 Å². The maximum absolute atomic E-state index is 11.1. The van der Waals surface area contributed by atoms with Crippen molar-refractivity contribution in [1.82, 2.24) is 0 Å². The van der Waals surface area contributed by atoms with E-state index < -0.39 is 0 Å². The minimum atomic E-state index is -0.122. The lowest BCUT2D eigenvalue weighted by Crippen LogP contribution is -2.03. The molecule has 1 fully saturated rings. The van der Waals surface area contributed by atoms with Crippen LogP contribution in [0.25, 0.3) is 0 Å². The Balaban J connectivity index is 0.000000829. The molecule has 1 aromatic carbocycles. The maximum atomic E-state index is 11.1. The molecular weight excluding hydrogens is 248 g/mol. The van der Waals surface area contributed by atoms with Crippen molar-refractivity contribution < 1.29 is 9.53 Å². The molecule has 0 heterocycles. The molecule has 0 aromatic heterocycles. The highest BCUT2D eigenvalue weighted by atomic mass is 16.5. The van der Waals surface area contributed by atoms with Gasteiger partial charge >= 0.3 is 5.97 Å². The van der Waals surface area contributed by atoms with Crippen molar-refractivity contribution in [3.63, 3.8) is 0 Å². The molecule has 0 spiro atoms. The van der Waals surface area contributed by atoms with Gasteiger partial charge in [0.05, 0.1) is 7.11 Å². The molecule has 0 amide bonds. The van der Waals surface area contributed by atoms with E-state index in [9.17, 15) is 4.79 Å². The van der Waals surface area contributed by atoms with Gasteiger partial charge < -0.3 is 4.74 Å². The molecule has 0 aliphatic heterocycles. The molecule has 1 aliphatic rings. The van der Waals surface area contributed by atoms with E-state index in [2.05, 4.69) is 29.9 Å². The van der Waals surface area contributed by atoms with Gasteiger partial charge in [-0.1, -0.05) is 51.5 Å². The van der Waals surface area contributed by atoms with Gasteiger partial charge in [0.25, 0.3) is 0 Å². The lowest BCUT2D eigenvalue weighted by atomic mass is 9.97. The first-order chi connectivity index (χ1) is 9.70. The standard InChI is InChI=1S/C14H18O2.2C2H6/c1-10-3-7-13(11-4-5-11)12(9-10)6-8-14(15)16-2;2*1-2/h3,7,9,11H,4-6,8H2,1-2H3;2*1-2H3. The largest absolute Gasteiger partial charge is 0.469 e. The molecule has 1 aromatic rings. The van der Waals surface area contributed by atoms with Gasteiger partial charge in [0, 0.05) is 6.42 Å². The summed E-state index contributed by atoms with van der Waals surface area (Å²) in [4.78, 5) is 11.1. The monoisotopic (exact) mass is 278 g/mol. The first-order valence-corrected chi connectivity index (χ1v) is 7.87. The SMILES string of the molecule is CC.CC.COC(=O)CCc1cc(C)ccc1C1CC1. The Morgan fingerprint density at radius 3 is 2.30 bits per heavy atom. The first-order valence-electron chi connectivity index (χ1n) is 7.87. The lowest BCUT2D eigenvalue weighted by Gasteiger charge is -2.09. The van der Waals surface area contributed by atoms with Gasteiger partial charge in [0.1, 0.15) is 0 Å². The Morgan fingerprint density at radius 2 is 1.80 bits per heavy atom. The second-order valence-electron chi connectivity index (χ2n) is 4.55. The summed E-state index contributed by atoms with van der Waals surface area (Å²) in [5.74, 6) is 0.622. The van der Waals surface area contributed by atoms with E-state index in [1.807, 2.05) is 27.7 Å². The van der Waals surface area contributed by atoms with Crippen molar-refractivity contribution in [3.8, 4) is 0 Å². The second kappa shape index (κ2) is 10.5. The number of rotatable bonds is 4. The van der Waals surface area contributed by atoms with E-state index in [0.717, 1.165) is 12.3 Å². The Labute approximate surface area is 124 Å². The van der Waals surface area contributed by atoms with Crippen molar-refractivity contribution >= 4 is 5.97 Å². The van der Waals surface area contributed by atoms with Gasteiger partial charge in [-0.05, 0) is 43.2 Å². The molecule has 114 valence electrons. The van der Waals surface area contributed by atoms with Gasteiger partial charge in [-0.25, -0.2) is 0 Å². The molecule has 0 radical (unpaired) electrons. The highest BCUT2D eigenvalue weighted by molar-refractivity contribution is 5.69. The molecule has 0 atom stereocenters. The van der Waals surface area contributed by atoms with E-state index in [-0.39, 0.29) is 5.97 Å². The van der Waals surface area contributed by atoms with Gasteiger partial charge in [-0.3, -0.25) is 4.79 Å². The summed E-state index contributed by atoms with van der Waals surface area (Å²) in [5.41, 5.74) is 4.03. The van der Waals surface area contributed by atoms with Crippen molar-refractivity contribution in [2.24, 2.45) is 0 Å². The van der Waals surface area contributed by atoms with Gasteiger partial charge in [0.2, 0.25) is 0 Å². The van der Waals surface area contributed by atoms with Crippen LogP contribution >= 0.6 is 0 Å². The molecule has 0 saturated heterocycles. The zero-order valence-corrected chi connectivity index (χ0v) is 14.0. The number of hydrogen-bond acceptors (Lipinski definition) is 2. The number of methoxy groups -OCH3 is 1. The molecule has 0 bridgehead atoms. The fourth-order valence-electron chi connectivity index (χ4n) is 2.08. The van der Waals surface area contributed by atoms with Crippen molar-refractivity contribution in [2.75, 3.05) is 7.11 Å². The van der Waals surface area contributed by atoms with Crippen LogP contribution in [0.5, 0.6) is 0 Å². The van der Waals surface area contributed by atoms with Crippen LogP contribution in [-0.4, -0.2) is 13.1 Å². The highest BCUT2D eigenvalue weighted by Gasteiger charge is 2.25. The average Bonchev–Trinajstić information content (AvgIpc) is 3.33. The quantitative estimate of drug-likeness (QED) is 0.722. The zero-order valence-electron chi connectivity index (χ0n) is 14.0. The summed E-state index contributed by atoms with van der Waals surface area (Å²) in [7, 11) is 1.44. The predicted octanol–water partition coefficient (Wildman–Crippen LogP) is 5.03. The molecule has 1 aliphatic carbocycles. The highest BCUT2D eigenvalue weighted by Crippen LogP contribution is 2.42. The summed E-state index contributed by atoms with van der Waals surface area (Å²) >= 11 is 0. The predicted molar refractivity (Wildman–Crippen MR) is 86.2 cm³/mol. The van der Waals surface area contributed by atoms with Crippen LogP contribution in [0.2, 0.25) is 0 Å². The molecule has 1 saturated carbocycles. The first kappa shape index (κ1) is 18.7. The maximum Gasteiger partial charge on any atom is 0.305 e. The molecule has 0 N–H and O–H groups in total. The van der Waals surface area contributed by atoms with Crippen molar-refractivity contribution in [1.29, 1.82) is 0 Å². The minimum Gasteiger partial charge on any atom is -0.469 e. The van der Waals surface area contributed by atoms with E-state index in [1.165, 1.54) is 36.6 Å². The third kappa shape index (κ3) is 6.23. The zero-order chi connectivity index (χ0) is 15.5. The number of carbonyl (C=O) groups is 1. The molecular formula is C18H30O2. The van der Waals surface area contributed by atoms with Gasteiger partial charge in [-0.2, -0.15) is 0 Å². The Kier molecular flexibility index (Phi) is 9.79. The van der Waals surface area contributed by atoms with Crippen molar-refractivity contribution in [3.05, 3.63) is 34.9 Å². The molecule has 20 heavy (non-hydrogen) atoms. The Bertz CT molecular complexity index is 392. The van der Waals surface area contributed by atoms with Crippen LogP contribution < -0.4 is 0 Å². The molecule has 2 nitrogen and oxygen atoms in total. The number of benzene rings is 1. The third-order valence-electron chi connectivity index (χ3n) is 3.14. The van der Waals surface area contributed by atoms with Gasteiger partial charge in [-0.15, -0.1) is 0 Å². The van der Waals surface area contributed by atoms with Crippen molar-refractivity contribution in [2.45, 2.75) is 66.2 Å².